The Morgan fingerprint density at radius 1 is 1.00 bits per heavy atom. The maximum absolute atomic E-state index is 13.1. The number of aryl methyl sites for hydroxylation is 2. The highest BCUT2D eigenvalue weighted by Gasteiger charge is 2.35. The second-order valence-electron chi connectivity index (χ2n) is 8.88. The summed E-state index contributed by atoms with van der Waals surface area (Å²) in [7, 11) is -3.47. The van der Waals surface area contributed by atoms with Crippen LogP contribution >= 0.6 is 0 Å². The second kappa shape index (κ2) is 8.76. The Hall–Kier alpha value is -1.40. The fraction of sp³-hybridized carbons (Fsp3) is 0.696. The highest BCUT2D eigenvalue weighted by atomic mass is 32.2. The van der Waals surface area contributed by atoms with Gasteiger partial charge in [0.2, 0.25) is 15.9 Å². The van der Waals surface area contributed by atoms with Gasteiger partial charge in [-0.2, -0.15) is 4.31 Å². The topological polar surface area (TPSA) is 57.7 Å². The first-order valence-electron chi connectivity index (χ1n) is 11.4. The quantitative estimate of drug-likeness (QED) is 0.732. The third kappa shape index (κ3) is 4.24. The molecule has 2 aliphatic carbocycles. The average Bonchev–Trinajstić information content (AvgIpc) is 3.23. The zero-order chi connectivity index (χ0) is 20.4. The van der Waals surface area contributed by atoms with Crippen molar-refractivity contribution in [3.63, 3.8) is 0 Å². The molecule has 1 aliphatic heterocycles. The highest BCUT2D eigenvalue weighted by Crippen LogP contribution is 2.30. The molecule has 0 bridgehead atoms. The van der Waals surface area contributed by atoms with Crippen LogP contribution < -0.4 is 0 Å². The molecular weight excluding hydrogens is 384 g/mol. The summed E-state index contributed by atoms with van der Waals surface area (Å²) in [4.78, 5) is 15.6. The molecule has 4 rings (SSSR count). The van der Waals surface area contributed by atoms with Crippen molar-refractivity contribution in [3.8, 4) is 0 Å². The van der Waals surface area contributed by atoms with E-state index >= 15 is 0 Å². The van der Waals surface area contributed by atoms with Gasteiger partial charge in [-0.05, 0) is 75.1 Å². The summed E-state index contributed by atoms with van der Waals surface area (Å²) < 4.78 is 27.9. The van der Waals surface area contributed by atoms with Crippen LogP contribution in [0.1, 0.15) is 69.4 Å². The summed E-state index contributed by atoms with van der Waals surface area (Å²) in [6.45, 7) is 3.72. The van der Waals surface area contributed by atoms with Crippen molar-refractivity contribution in [1.29, 1.82) is 0 Å². The molecule has 0 N–H and O–H groups in total. The largest absolute Gasteiger partial charge is 0.340 e. The van der Waals surface area contributed by atoms with Crippen LogP contribution in [-0.2, 0) is 27.7 Å². The van der Waals surface area contributed by atoms with Gasteiger partial charge in [0.15, 0.2) is 0 Å². The Kier molecular flexibility index (Phi) is 6.30. The first kappa shape index (κ1) is 20.9. The number of carbonyl (C=O) groups excluding carboxylic acids is 1. The van der Waals surface area contributed by atoms with E-state index < -0.39 is 10.0 Å². The smallest absolute Gasteiger partial charge is 0.243 e. The number of benzene rings is 1. The molecule has 2 fully saturated rings. The SMILES string of the molecule is CCN(C(=O)C1CCN(S(=O)(=O)c2ccc3c(c2)CCC3)CC1)C1CCCCC1. The molecule has 1 aromatic carbocycles. The molecule has 0 spiro atoms. The summed E-state index contributed by atoms with van der Waals surface area (Å²) in [5.41, 5.74) is 2.47. The molecule has 29 heavy (non-hydrogen) atoms. The van der Waals surface area contributed by atoms with Crippen molar-refractivity contribution in [1.82, 2.24) is 9.21 Å². The van der Waals surface area contributed by atoms with Gasteiger partial charge in [0.05, 0.1) is 4.90 Å². The van der Waals surface area contributed by atoms with Gasteiger partial charge in [-0.25, -0.2) is 8.42 Å². The summed E-state index contributed by atoms with van der Waals surface area (Å²) in [5, 5.41) is 0. The minimum atomic E-state index is -3.47. The molecular formula is C23H34N2O3S. The molecule has 1 aromatic rings. The first-order chi connectivity index (χ1) is 14.0. The third-order valence-corrected chi connectivity index (χ3v) is 9.04. The Balaban J connectivity index is 1.40. The van der Waals surface area contributed by atoms with Crippen molar-refractivity contribution in [2.75, 3.05) is 19.6 Å². The Labute approximate surface area is 175 Å². The fourth-order valence-corrected chi connectivity index (χ4v) is 6.94. The number of carbonyl (C=O) groups is 1. The standard InChI is InChI=1S/C23H34N2O3S/c1-2-25(21-9-4-3-5-10-21)23(26)19-13-15-24(16-14-19)29(27,28)22-12-11-18-7-6-8-20(18)17-22/h11-12,17,19,21H,2-10,13-16H2,1H3. The zero-order valence-electron chi connectivity index (χ0n) is 17.6. The van der Waals surface area contributed by atoms with E-state index in [0.29, 0.717) is 36.9 Å². The van der Waals surface area contributed by atoms with E-state index in [0.717, 1.165) is 38.6 Å². The lowest BCUT2D eigenvalue weighted by Crippen LogP contribution is -2.48. The van der Waals surface area contributed by atoms with E-state index in [1.807, 2.05) is 12.1 Å². The van der Waals surface area contributed by atoms with E-state index in [-0.39, 0.29) is 11.8 Å². The van der Waals surface area contributed by atoms with Gasteiger partial charge in [0.25, 0.3) is 0 Å². The fourth-order valence-electron chi connectivity index (χ4n) is 5.42. The lowest BCUT2D eigenvalue weighted by atomic mass is 9.91. The van der Waals surface area contributed by atoms with E-state index in [9.17, 15) is 13.2 Å². The summed E-state index contributed by atoms with van der Waals surface area (Å²) in [5.74, 6) is 0.206. The molecule has 160 valence electrons. The van der Waals surface area contributed by atoms with Crippen molar-refractivity contribution < 1.29 is 13.2 Å². The van der Waals surface area contributed by atoms with Gasteiger partial charge in [0, 0.05) is 31.6 Å². The number of sulfonamides is 1. The van der Waals surface area contributed by atoms with E-state index in [2.05, 4.69) is 11.8 Å². The van der Waals surface area contributed by atoms with E-state index in [4.69, 9.17) is 0 Å². The van der Waals surface area contributed by atoms with Crippen LogP contribution in [0.4, 0.5) is 0 Å². The predicted molar refractivity (Wildman–Crippen MR) is 114 cm³/mol. The van der Waals surface area contributed by atoms with Crippen LogP contribution in [0.25, 0.3) is 0 Å². The zero-order valence-corrected chi connectivity index (χ0v) is 18.4. The molecule has 5 nitrogen and oxygen atoms in total. The lowest BCUT2D eigenvalue weighted by molar-refractivity contribution is -0.139. The first-order valence-corrected chi connectivity index (χ1v) is 12.9. The molecule has 1 saturated carbocycles. The minimum absolute atomic E-state index is 0.0386. The monoisotopic (exact) mass is 418 g/mol. The molecule has 1 amide bonds. The average molecular weight is 419 g/mol. The Morgan fingerprint density at radius 3 is 2.38 bits per heavy atom. The van der Waals surface area contributed by atoms with E-state index in [1.165, 1.54) is 30.4 Å². The van der Waals surface area contributed by atoms with Crippen LogP contribution in [0.3, 0.4) is 0 Å². The van der Waals surface area contributed by atoms with Gasteiger partial charge in [-0.3, -0.25) is 4.79 Å². The Morgan fingerprint density at radius 2 is 1.69 bits per heavy atom. The number of hydrogen-bond donors (Lipinski definition) is 0. The molecule has 0 radical (unpaired) electrons. The molecule has 6 heteroatoms. The summed E-state index contributed by atoms with van der Waals surface area (Å²) in [6, 6.07) is 6.00. The van der Waals surface area contributed by atoms with E-state index in [1.54, 1.807) is 10.4 Å². The molecule has 1 heterocycles. The number of fused-ring (bicyclic) bond motifs is 1. The number of piperidine rings is 1. The third-order valence-electron chi connectivity index (χ3n) is 7.15. The van der Waals surface area contributed by atoms with Gasteiger partial charge in [0.1, 0.15) is 0 Å². The van der Waals surface area contributed by atoms with Gasteiger partial charge in [-0.1, -0.05) is 25.3 Å². The lowest BCUT2D eigenvalue weighted by Gasteiger charge is -2.38. The maximum atomic E-state index is 13.1. The predicted octanol–water partition coefficient (Wildman–Crippen LogP) is 3.76. The molecule has 1 saturated heterocycles. The van der Waals surface area contributed by atoms with Gasteiger partial charge >= 0.3 is 0 Å². The molecule has 0 aromatic heterocycles. The molecule has 0 atom stereocenters. The molecule has 3 aliphatic rings. The number of nitrogens with zero attached hydrogens (tertiary/aromatic N) is 2. The van der Waals surface area contributed by atoms with Crippen molar-refractivity contribution >= 4 is 15.9 Å². The number of hydrogen-bond acceptors (Lipinski definition) is 3. The highest BCUT2D eigenvalue weighted by molar-refractivity contribution is 7.89. The van der Waals surface area contributed by atoms with Crippen LogP contribution in [-0.4, -0.2) is 49.2 Å². The molecule has 0 unspecified atom stereocenters. The van der Waals surface area contributed by atoms with Crippen LogP contribution in [0.15, 0.2) is 23.1 Å². The van der Waals surface area contributed by atoms with Gasteiger partial charge in [-0.15, -0.1) is 0 Å². The summed E-state index contributed by atoms with van der Waals surface area (Å²) >= 11 is 0. The normalized spacial score (nSPS) is 21.8. The van der Waals surface area contributed by atoms with Crippen LogP contribution in [0.2, 0.25) is 0 Å². The van der Waals surface area contributed by atoms with Crippen molar-refractivity contribution in [3.05, 3.63) is 29.3 Å². The van der Waals surface area contributed by atoms with Crippen molar-refractivity contribution in [2.24, 2.45) is 5.92 Å². The minimum Gasteiger partial charge on any atom is -0.340 e. The number of amides is 1. The van der Waals surface area contributed by atoms with Crippen LogP contribution in [0.5, 0.6) is 0 Å². The Bertz CT molecular complexity index is 838. The van der Waals surface area contributed by atoms with Gasteiger partial charge < -0.3 is 4.90 Å². The maximum Gasteiger partial charge on any atom is 0.243 e. The van der Waals surface area contributed by atoms with Crippen molar-refractivity contribution in [2.45, 2.75) is 82.1 Å². The second-order valence-corrected chi connectivity index (χ2v) is 10.8. The van der Waals surface area contributed by atoms with Crippen LogP contribution in [0, 0.1) is 5.92 Å². The number of rotatable bonds is 5. The summed E-state index contributed by atoms with van der Waals surface area (Å²) in [6.07, 6.45) is 10.3.